The van der Waals surface area contributed by atoms with Crippen molar-refractivity contribution in [2.24, 2.45) is 0 Å². The van der Waals surface area contributed by atoms with Crippen LogP contribution in [0.5, 0.6) is 5.75 Å². The van der Waals surface area contributed by atoms with E-state index in [1.807, 2.05) is 50.3 Å². The molecule has 172 valence electrons. The van der Waals surface area contributed by atoms with E-state index in [4.69, 9.17) is 27.9 Å². The zero-order chi connectivity index (χ0) is 24.1. The maximum Gasteiger partial charge on any atom is 0.274 e. The van der Waals surface area contributed by atoms with Crippen LogP contribution in [0, 0.1) is 13.8 Å². The number of thiazole rings is 1. The summed E-state index contributed by atoms with van der Waals surface area (Å²) in [6.07, 6.45) is 1.87. The smallest absolute Gasteiger partial charge is 0.274 e. The van der Waals surface area contributed by atoms with Crippen LogP contribution in [-0.4, -0.2) is 9.38 Å². The number of imidazole rings is 1. The van der Waals surface area contributed by atoms with Gasteiger partial charge in [-0.3, -0.25) is 4.79 Å². The van der Waals surface area contributed by atoms with E-state index in [0.717, 1.165) is 42.2 Å². The van der Waals surface area contributed by atoms with E-state index < -0.39 is 0 Å². The molecule has 0 aliphatic heterocycles. The second-order valence-electron chi connectivity index (χ2n) is 7.92. The molecule has 2 aromatic heterocycles. The fraction of sp³-hybridized carbons (Fsp3) is 0.120. The number of fused-ring (bicyclic) bond motifs is 3. The Kier molecular flexibility index (Phi) is 6.50. The highest BCUT2D eigenvalue weighted by molar-refractivity contribution is 9.11. The molecule has 0 unspecified atom stereocenters. The number of hydrogen-bond acceptors (Lipinski definition) is 4. The molecule has 0 atom stereocenters. The molecule has 0 bridgehead atoms. The van der Waals surface area contributed by atoms with Gasteiger partial charge in [-0.05, 0) is 110 Å². The van der Waals surface area contributed by atoms with Crippen LogP contribution in [0.2, 0.25) is 10.0 Å². The van der Waals surface area contributed by atoms with E-state index in [0.29, 0.717) is 31.9 Å². The summed E-state index contributed by atoms with van der Waals surface area (Å²) in [6, 6.07) is 13.3. The molecule has 4 nitrogen and oxygen atoms in total. The number of ether oxygens (including phenoxy) is 1. The summed E-state index contributed by atoms with van der Waals surface area (Å²) in [5.41, 5.74) is 5.67. The van der Waals surface area contributed by atoms with Gasteiger partial charge in [0.1, 0.15) is 12.4 Å². The van der Waals surface area contributed by atoms with Gasteiger partial charge in [-0.2, -0.15) is 0 Å². The summed E-state index contributed by atoms with van der Waals surface area (Å²) in [6.45, 7) is 4.42. The van der Waals surface area contributed by atoms with Crippen LogP contribution >= 0.6 is 66.4 Å². The molecular formula is C25H16Br2Cl2N2O2S. The van der Waals surface area contributed by atoms with Gasteiger partial charge in [0.05, 0.1) is 34.6 Å². The first kappa shape index (κ1) is 23.8. The molecule has 0 amide bonds. The Morgan fingerprint density at radius 1 is 1.03 bits per heavy atom. The quantitative estimate of drug-likeness (QED) is 0.205. The standard InChI is InChI=1S/C25H16Br2Cl2N2O2S/c1-12-5-20-21(6-13(12)2)31-24(32)22(34-25(31)30-20)10-15-7-16(26)23(17(27)8-15)33-11-14-3-4-18(28)19(29)9-14/h3-10H,11H2,1-2H3/b22-10-. The molecule has 0 radical (unpaired) electrons. The number of hydrogen-bond donors (Lipinski definition) is 0. The third-order valence-electron chi connectivity index (χ3n) is 5.54. The zero-order valence-corrected chi connectivity index (χ0v) is 23.5. The van der Waals surface area contributed by atoms with Crippen molar-refractivity contribution in [1.29, 1.82) is 0 Å². The molecule has 0 spiro atoms. The van der Waals surface area contributed by atoms with Crippen LogP contribution in [0.25, 0.3) is 22.1 Å². The predicted octanol–water partition coefficient (Wildman–Crippen LogP) is 7.48. The summed E-state index contributed by atoms with van der Waals surface area (Å²) in [4.78, 5) is 18.5. The molecule has 5 rings (SSSR count). The Morgan fingerprint density at radius 2 is 1.74 bits per heavy atom. The molecular weight excluding hydrogens is 623 g/mol. The molecule has 0 N–H and O–H groups in total. The average molecular weight is 639 g/mol. The summed E-state index contributed by atoms with van der Waals surface area (Å²) in [5.74, 6) is 0.656. The molecule has 3 aromatic carbocycles. The van der Waals surface area contributed by atoms with Gasteiger partial charge >= 0.3 is 0 Å². The predicted molar refractivity (Wildman–Crippen MR) is 148 cm³/mol. The zero-order valence-electron chi connectivity index (χ0n) is 18.0. The first-order chi connectivity index (χ1) is 16.2. The lowest BCUT2D eigenvalue weighted by Crippen LogP contribution is -2.22. The third-order valence-corrected chi connectivity index (χ3v) is 8.43. The van der Waals surface area contributed by atoms with Crippen molar-refractivity contribution < 1.29 is 4.74 Å². The van der Waals surface area contributed by atoms with Gasteiger partial charge in [0, 0.05) is 0 Å². The number of aromatic nitrogens is 2. The third kappa shape index (κ3) is 4.40. The fourth-order valence-corrected chi connectivity index (χ4v) is 6.41. The van der Waals surface area contributed by atoms with Gasteiger partial charge < -0.3 is 4.74 Å². The molecule has 0 saturated heterocycles. The average Bonchev–Trinajstić information content (AvgIpc) is 3.26. The van der Waals surface area contributed by atoms with E-state index >= 15 is 0 Å². The van der Waals surface area contributed by atoms with Crippen molar-refractivity contribution in [1.82, 2.24) is 9.38 Å². The van der Waals surface area contributed by atoms with Crippen molar-refractivity contribution in [2.75, 3.05) is 0 Å². The summed E-state index contributed by atoms with van der Waals surface area (Å²) < 4.78 is 9.83. The van der Waals surface area contributed by atoms with Crippen LogP contribution in [0.3, 0.4) is 0 Å². The maximum absolute atomic E-state index is 13.2. The van der Waals surface area contributed by atoms with Gasteiger partial charge in [-0.1, -0.05) is 40.6 Å². The minimum absolute atomic E-state index is 0.0714. The first-order valence-electron chi connectivity index (χ1n) is 10.2. The normalized spacial score (nSPS) is 12.2. The van der Waals surface area contributed by atoms with E-state index in [1.54, 1.807) is 16.5 Å². The Morgan fingerprint density at radius 3 is 2.44 bits per heavy atom. The number of benzene rings is 3. The maximum atomic E-state index is 13.2. The largest absolute Gasteiger partial charge is 0.487 e. The second kappa shape index (κ2) is 9.28. The van der Waals surface area contributed by atoms with Gasteiger partial charge in [0.2, 0.25) is 0 Å². The van der Waals surface area contributed by atoms with Crippen LogP contribution < -0.4 is 14.8 Å². The van der Waals surface area contributed by atoms with Crippen LogP contribution in [0.1, 0.15) is 22.3 Å². The molecule has 34 heavy (non-hydrogen) atoms. The number of aryl methyl sites for hydroxylation is 2. The molecule has 0 aliphatic rings. The summed E-state index contributed by atoms with van der Waals surface area (Å²) in [5, 5.41) is 0.990. The minimum atomic E-state index is -0.0714. The summed E-state index contributed by atoms with van der Waals surface area (Å²) in [7, 11) is 0. The molecule has 5 aromatic rings. The minimum Gasteiger partial charge on any atom is -0.487 e. The number of rotatable bonds is 4. The second-order valence-corrected chi connectivity index (χ2v) is 11.5. The van der Waals surface area contributed by atoms with Crippen molar-refractivity contribution in [2.45, 2.75) is 20.5 Å². The lowest BCUT2D eigenvalue weighted by Gasteiger charge is -2.12. The molecule has 2 heterocycles. The highest BCUT2D eigenvalue weighted by Gasteiger charge is 2.14. The monoisotopic (exact) mass is 636 g/mol. The molecule has 0 saturated carbocycles. The Balaban J connectivity index is 1.49. The topological polar surface area (TPSA) is 43.6 Å². The van der Waals surface area contributed by atoms with E-state index in [1.165, 1.54) is 11.3 Å². The summed E-state index contributed by atoms with van der Waals surface area (Å²) >= 11 is 20.6. The van der Waals surface area contributed by atoms with Gasteiger partial charge in [0.25, 0.3) is 5.56 Å². The van der Waals surface area contributed by atoms with Gasteiger partial charge in [-0.25, -0.2) is 9.38 Å². The van der Waals surface area contributed by atoms with Crippen molar-refractivity contribution in [3.63, 3.8) is 0 Å². The Hall–Kier alpha value is -1.90. The van der Waals surface area contributed by atoms with Crippen molar-refractivity contribution >= 4 is 88.5 Å². The fourth-order valence-electron chi connectivity index (χ4n) is 3.66. The van der Waals surface area contributed by atoms with Crippen LogP contribution in [-0.2, 0) is 6.61 Å². The van der Waals surface area contributed by atoms with E-state index in [-0.39, 0.29) is 5.56 Å². The number of nitrogens with zero attached hydrogens (tertiary/aromatic N) is 2. The van der Waals surface area contributed by atoms with Gasteiger partial charge in [-0.15, -0.1) is 0 Å². The van der Waals surface area contributed by atoms with Crippen LogP contribution in [0.15, 0.2) is 56.2 Å². The molecule has 9 heteroatoms. The van der Waals surface area contributed by atoms with Crippen molar-refractivity contribution in [3.8, 4) is 5.75 Å². The SMILES string of the molecule is Cc1cc2nc3s/c(=C\c4cc(Br)c(OCc5ccc(Cl)c(Cl)c5)c(Br)c4)c(=O)n3c2cc1C. The Bertz CT molecular complexity index is 1690. The molecule has 0 aliphatic carbocycles. The molecule has 0 fully saturated rings. The first-order valence-corrected chi connectivity index (χ1v) is 13.4. The van der Waals surface area contributed by atoms with E-state index in [2.05, 4.69) is 36.8 Å². The lowest BCUT2D eigenvalue weighted by atomic mass is 10.1. The number of halogens is 4. The lowest BCUT2D eigenvalue weighted by molar-refractivity contribution is 0.302. The van der Waals surface area contributed by atoms with Crippen molar-refractivity contribution in [3.05, 3.63) is 98.6 Å². The Labute approximate surface area is 226 Å². The highest BCUT2D eigenvalue weighted by atomic mass is 79.9. The van der Waals surface area contributed by atoms with Gasteiger partial charge in [0.15, 0.2) is 4.96 Å². The highest BCUT2D eigenvalue weighted by Crippen LogP contribution is 2.36. The van der Waals surface area contributed by atoms with E-state index in [9.17, 15) is 4.79 Å². The van der Waals surface area contributed by atoms with Crippen LogP contribution in [0.4, 0.5) is 0 Å².